The van der Waals surface area contributed by atoms with Crippen LogP contribution in [0.4, 0.5) is 5.69 Å². The number of pyridine rings is 1. The number of hydrogen-bond donors (Lipinski definition) is 3. The van der Waals surface area contributed by atoms with Crippen LogP contribution in [0.1, 0.15) is 28.9 Å². The smallest absolute Gasteiger partial charge is 0.275 e. The van der Waals surface area contributed by atoms with E-state index in [0.29, 0.717) is 28.7 Å². The molecule has 124 valence electrons. The number of methoxy groups -OCH3 is 1. The van der Waals surface area contributed by atoms with Gasteiger partial charge >= 0.3 is 0 Å². The van der Waals surface area contributed by atoms with Crippen LogP contribution in [0, 0.1) is 17.8 Å². The molecule has 0 radical (unpaired) electrons. The summed E-state index contributed by atoms with van der Waals surface area (Å²) in [6.45, 7) is 1.98. The van der Waals surface area contributed by atoms with Crippen molar-refractivity contribution in [1.29, 1.82) is 0 Å². The SMILES string of the molecule is COc1ccc(NC(=O)c2[nH]ncc2C#CC2CCNCC2)cn1. The maximum Gasteiger partial charge on any atom is 0.275 e. The van der Waals surface area contributed by atoms with Gasteiger partial charge in [0.2, 0.25) is 5.88 Å². The van der Waals surface area contributed by atoms with E-state index in [1.807, 2.05) is 0 Å². The Hall–Kier alpha value is -2.85. The summed E-state index contributed by atoms with van der Waals surface area (Å²) in [5.41, 5.74) is 1.53. The lowest BCUT2D eigenvalue weighted by atomic mass is 9.98. The largest absolute Gasteiger partial charge is 0.481 e. The predicted molar refractivity (Wildman–Crippen MR) is 89.8 cm³/mol. The number of nitrogens with one attached hydrogen (secondary N) is 3. The highest BCUT2D eigenvalue weighted by molar-refractivity contribution is 6.04. The van der Waals surface area contributed by atoms with Gasteiger partial charge in [0, 0.05) is 12.0 Å². The maximum absolute atomic E-state index is 12.4. The fourth-order valence-corrected chi connectivity index (χ4v) is 2.47. The van der Waals surface area contributed by atoms with Crippen LogP contribution in [-0.2, 0) is 0 Å². The summed E-state index contributed by atoms with van der Waals surface area (Å²) < 4.78 is 4.99. The Bertz CT molecular complexity index is 751. The number of ether oxygens (including phenoxy) is 1. The molecule has 3 N–H and O–H groups in total. The fourth-order valence-electron chi connectivity index (χ4n) is 2.47. The first-order valence-electron chi connectivity index (χ1n) is 7.83. The molecular formula is C17H19N5O2. The van der Waals surface area contributed by atoms with Crippen LogP contribution in [0.25, 0.3) is 0 Å². The molecule has 1 aliphatic heterocycles. The highest BCUT2D eigenvalue weighted by Crippen LogP contribution is 2.14. The number of hydrogen-bond acceptors (Lipinski definition) is 5. The molecule has 7 nitrogen and oxygen atoms in total. The van der Waals surface area contributed by atoms with Crippen molar-refractivity contribution in [2.45, 2.75) is 12.8 Å². The van der Waals surface area contributed by atoms with Gasteiger partial charge in [0.05, 0.1) is 30.8 Å². The number of anilines is 1. The fraction of sp³-hybridized carbons (Fsp3) is 0.353. The number of nitrogens with zero attached hydrogens (tertiary/aromatic N) is 2. The van der Waals surface area contributed by atoms with Crippen molar-refractivity contribution in [3.05, 3.63) is 35.8 Å². The van der Waals surface area contributed by atoms with Crippen LogP contribution in [0.2, 0.25) is 0 Å². The van der Waals surface area contributed by atoms with Crippen LogP contribution in [0.5, 0.6) is 5.88 Å². The van der Waals surface area contributed by atoms with Gasteiger partial charge in [0.1, 0.15) is 5.69 Å². The van der Waals surface area contributed by atoms with Crippen molar-refractivity contribution in [3.8, 4) is 17.7 Å². The van der Waals surface area contributed by atoms with Gasteiger partial charge in [-0.05, 0) is 32.0 Å². The first-order chi connectivity index (χ1) is 11.8. The van der Waals surface area contributed by atoms with Crippen molar-refractivity contribution in [1.82, 2.24) is 20.5 Å². The third kappa shape index (κ3) is 3.91. The normalized spacial score (nSPS) is 14.5. The minimum Gasteiger partial charge on any atom is -0.481 e. The number of H-pyrrole nitrogens is 1. The van der Waals surface area contributed by atoms with Gasteiger partial charge in [-0.2, -0.15) is 5.10 Å². The molecule has 0 spiro atoms. The molecule has 24 heavy (non-hydrogen) atoms. The summed E-state index contributed by atoms with van der Waals surface area (Å²) in [4.78, 5) is 16.4. The van der Waals surface area contributed by atoms with Gasteiger partial charge in [-0.15, -0.1) is 0 Å². The van der Waals surface area contributed by atoms with Crippen molar-refractivity contribution in [2.24, 2.45) is 5.92 Å². The van der Waals surface area contributed by atoms with Gasteiger partial charge in [0.15, 0.2) is 0 Å². The van der Waals surface area contributed by atoms with Crippen LogP contribution in [0.15, 0.2) is 24.5 Å². The highest BCUT2D eigenvalue weighted by atomic mass is 16.5. The lowest BCUT2D eigenvalue weighted by Crippen LogP contribution is -2.26. The molecule has 3 rings (SSSR count). The predicted octanol–water partition coefficient (Wildman–Crippen LogP) is 1.42. The lowest BCUT2D eigenvalue weighted by Gasteiger charge is -2.17. The van der Waals surface area contributed by atoms with Crippen LogP contribution < -0.4 is 15.4 Å². The molecule has 1 fully saturated rings. The molecule has 0 saturated carbocycles. The number of amides is 1. The van der Waals surface area contributed by atoms with E-state index in [-0.39, 0.29) is 5.91 Å². The molecule has 1 saturated heterocycles. The van der Waals surface area contributed by atoms with Gasteiger partial charge in [-0.3, -0.25) is 9.89 Å². The summed E-state index contributed by atoms with van der Waals surface area (Å²) in [6, 6.07) is 3.40. The average Bonchev–Trinajstić information content (AvgIpc) is 3.10. The second-order valence-electron chi connectivity index (χ2n) is 5.50. The minimum atomic E-state index is -0.297. The highest BCUT2D eigenvalue weighted by Gasteiger charge is 2.14. The molecule has 7 heteroatoms. The minimum absolute atomic E-state index is 0.297. The summed E-state index contributed by atoms with van der Waals surface area (Å²) >= 11 is 0. The van der Waals surface area contributed by atoms with E-state index >= 15 is 0 Å². The number of carbonyl (C=O) groups is 1. The third-order valence-electron chi connectivity index (χ3n) is 3.82. The molecule has 3 heterocycles. The van der Waals surface area contributed by atoms with E-state index in [9.17, 15) is 4.79 Å². The zero-order valence-corrected chi connectivity index (χ0v) is 13.4. The number of carbonyl (C=O) groups excluding carboxylic acids is 1. The van der Waals surface area contributed by atoms with Crippen LogP contribution >= 0.6 is 0 Å². The first kappa shape index (κ1) is 16.0. The Kier molecular flexibility index (Phi) is 5.08. The third-order valence-corrected chi connectivity index (χ3v) is 3.82. The van der Waals surface area contributed by atoms with E-state index in [2.05, 4.69) is 37.7 Å². The molecule has 2 aromatic heterocycles. The van der Waals surface area contributed by atoms with Gasteiger partial charge in [-0.25, -0.2) is 4.98 Å². The quantitative estimate of drug-likeness (QED) is 0.742. The number of piperidine rings is 1. The summed E-state index contributed by atoms with van der Waals surface area (Å²) in [5, 5.41) is 12.7. The summed E-state index contributed by atoms with van der Waals surface area (Å²) in [6.07, 6.45) is 5.18. The molecule has 0 aromatic carbocycles. The number of aromatic nitrogens is 3. The maximum atomic E-state index is 12.4. The van der Waals surface area contributed by atoms with E-state index in [1.54, 1.807) is 25.4 Å². The van der Waals surface area contributed by atoms with E-state index < -0.39 is 0 Å². The Morgan fingerprint density at radius 3 is 2.88 bits per heavy atom. The second-order valence-corrected chi connectivity index (χ2v) is 5.50. The lowest BCUT2D eigenvalue weighted by molar-refractivity contribution is 0.102. The molecule has 1 amide bonds. The summed E-state index contributed by atoms with van der Waals surface area (Å²) in [7, 11) is 1.54. The van der Waals surface area contributed by atoms with Gasteiger partial charge < -0.3 is 15.4 Å². The van der Waals surface area contributed by atoms with E-state index in [1.165, 1.54) is 6.20 Å². The zero-order chi connectivity index (χ0) is 16.8. The van der Waals surface area contributed by atoms with Crippen molar-refractivity contribution < 1.29 is 9.53 Å². The molecule has 1 aliphatic rings. The van der Waals surface area contributed by atoms with Gasteiger partial charge in [-0.1, -0.05) is 11.8 Å². The van der Waals surface area contributed by atoms with Gasteiger partial charge in [0.25, 0.3) is 5.91 Å². The zero-order valence-electron chi connectivity index (χ0n) is 13.4. The summed E-state index contributed by atoms with van der Waals surface area (Å²) in [5.74, 6) is 6.87. The number of rotatable bonds is 3. The Morgan fingerprint density at radius 2 is 2.17 bits per heavy atom. The Morgan fingerprint density at radius 1 is 1.33 bits per heavy atom. The molecule has 0 aliphatic carbocycles. The average molecular weight is 325 g/mol. The molecular weight excluding hydrogens is 306 g/mol. The van der Waals surface area contributed by atoms with E-state index in [4.69, 9.17) is 4.74 Å². The van der Waals surface area contributed by atoms with Crippen LogP contribution in [0.3, 0.4) is 0 Å². The van der Waals surface area contributed by atoms with Crippen molar-refractivity contribution >= 4 is 11.6 Å². The molecule has 0 bridgehead atoms. The van der Waals surface area contributed by atoms with Crippen molar-refractivity contribution in [3.63, 3.8) is 0 Å². The van der Waals surface area contributed by atoms with Crippen LogP contribution in [-0.4, -0.2) is 41.3 Å². The second kappa shape index (κ2) is 7.62. The molecule has 2 aromatic rings. The molecule has 0 unspecified atom stereocenters. The molecule has 0 atom stereocenters. The monoisotopic (exact) mass is 325 g/mol. The first-order valence-corrected chi connectivity index (χ1v) is 7.83. The standard InChI is InChI=1S/C17H19N5O2/c1-24-15-5-4-14(11-19-15)21-17(23)16-13(10-20-22-16)3-2-12-6-8-18-9-7-12/h4-5,10-12,18H,6-9H2,1H3,(H,20,22)(H,21,23). The Labute approximate surface area is 140 Å². The van der Waals surface area contributed by atoms with E-state index in [0.717, 1.165) is 25.9 Å². The van der Waals surface area contributed by atoms with Crippen molar-refractivity contribution in [2.75, 3.05) is 25.5 Å². The number of aromatic amines is 1. The Balaban J connectivity index is 1.69. The topological polar surface area (TPSA) is 91.9 Å².